The molecule has 30 heavy (non-hydrogen) atoms. The smallest absolute Gasteiger partial charge is 0.223 e. The Morgan fingerprint density at radius 3 is 2.57 bits per heavy atom. The Morgan fingerprint density at radius 2 is 1.93 bits per heavy atom. The van der Waals surface area contributed by atoms with Gasteiger partial charge in [-0.3, -0.25) is 9.78 Å². The highest BCUT2D eigenvalue weighted by Gasteiger charge is 2.28. The van der Waals surface area contributed by atoms with Crippen LogP contribution >= 0.6 is 0 Å². The number of carbonyl (C=O) groups is 1. The van der Waals surface area contributed by atoms with Crippen molar-refractivity contribution in [3.8, 4) is 11.4 Å². The van der Waals surface area contributed by atoms with Gasteiger partial charge in [0, 0.05) is 44.0 Å². The Hall–Kier alpha value is -3.28. The molecule has 0 bridgehead atoms. The van der Waals surface area contributed by atoms with Gasteiger partial charge in [-0.25, -0.2) is 9.97 Å². The highest BCUT2D eigenvalue weighted by molar-refractivity contribution is 5.80. The van der Waals surface area contributed by atoms with E-state index in [-0.39, 0.29) is 17.9 Å². The maximum absolute atomic E-state index is 12.8. The molecule has 1 aliphatic carbocycles. The Balaban J connectivity index is 1.72. The molecular formula is C24H27N5O. The second-order valence-corrected chi connectivity index (χ2v) is 7.99. The van der Waals surface area contributed by atoms with E-state index in [2.05, 4.69) is 22.4 Å². The van der Waals surface area contributed by atoms with E-state index in [0.29, 0.717) is 12.2 Å². The molecule has 2 heterocycles. The fourth-order valence-corrected chi connectivity index (χ4v) is 3.52. The summed E-state index contributed by atoms with van der Waals surface area (Å²) in [6.07, 6.45) is 7.24. The number of rotatable bonds is 7. The first kappa shape index (κ1) is 20.0. The summed E-state index contributed by atoms with van der Waals surface area (Å²) in [7, 11) is 3.91. The first-order valence-electron chi connectivity index (χ1n) is 10.4. The van der Waals surface area contributed by atoms with E-state index in [4.69, 9.17) is 9.97 Å². The molecule has 6 heteroatoms. The maximum atomic E-state index is 12.8. The second-order valence-electron chi connectivity index (χ2n) is 7.99. The Kier molecular flexibility index (Phi) is 6.02. The molecule has 4 rings (SSSR count). The van der Waals surface area contributed by atoms with E-state index in [0.717, 1.165) is 41.9 Å². The predicted octanol–water partition coefficient (Wildman–Crippen LogP) is 3.80. The summed E-state index contributed by atoms with van der Waals surface area (Å²) in [5, 5.41) is 3.27. The molecule has 1 N–H and O–H groups in total. The number of benzene rings is 1. The second kappa shape index (κ2) is 9.03. The van der Waals surface area contributed by atoms with Crippen molar-refractivity contribution in [3.63, 3.8) is 0 Å². The van der Waals surface area contributed by atoms with Crippen LogP contribution in [0.2, 0.25) is 0 Å². The van der Waals surface area contributed by atoms with E-state index in [1.807, 2.05) is 55.4 Å². The number of anilines is 1. The number of pyridine rings is 1. The monoisotopic (exact) mass is 401 g/mol. The lowest BCUT2D eigenvalue weighted by Crippen LogP contribution is -2.38. The highest BCUT2D eigenvalue weighted by atomic mass is 16.2. The van der Waals surface area contributed by atoms with Gasteiger partial charge in [0.15, 0.2) is 5.82 Å². The molecule has 3 aromatic rings. The van der Waals surface area contributed by atoms with Gasteiger partial charge >= 0.3 is 0 Å². The topological polar surface area (TPSA) is 71.0 Å². The highest BCUT2D eigenvalue weighted by Crippen LogP contribution is 2.29. The zero-order chi connectivity index (χ0) is 20.9. The number of amides is 1. The first-order valence-corrected chi connectivity index (χ1v) is 10.4. The van der Waals surface area contributed by atoms with E-state index in [9.17, 15) is 4.79 Å². The van der Waals surface area contributed by atoms with E-state index < -0.39 is 0 Å². The minimum atomic E-state index is -0.224. The van der Waals surface area contributed by atoms with Crippen molar-refractivity contribution >= 4 is 11.7 Å². The molecule has 0 saturated heterocycles. The summed E-state index contributed by atoms with van der Waals surface area (Å²) in [5.41, 5.74) is 2.82. The minimum absolute atomic E-state index is 0.120. The van der Waals surface area contributed by atoms with E-state index in [1.54, 1.807) is 12.4 Å². The quantitative estimate of drug-likeness (QED) is 0.652. The average molecular weight is 402 g/mol. The van der Waals surface area contributed by atoms with Crippen LogP contribution in [0, 0.1) is 5.92 Å². The zero-order valence-electron chi connectivity index (χ0n) is 17.5. The van der Waals surface area contributed by atoms with Crippen molar-refractivity contribution in [1.29, 1.82) is 0 Å². The summed E-state index contributed by atoms with van der Waals surface area (Å²) < 4.78 is 0. The number of carbonyl (C=O) groups excluding carboxylic acids is 1. The van der Waals surface area contributed by atoms with Crippen LogP contribution in [-0.4, -0.2) is 35.0 Å². The average Bonchev–Trinajstić information content (AvgIpc) is 2.73. The van der Waals surface area contributed by atoms with Gasteiger partial charge in [-0.2, -0.15) is 0 Å². The molecule has 0 radical (unpaired) electrons. The Labute approximate surface area is 177 Å². The van der Waals surface area contributed by atoms with Crippen molar-refractivity contribution < 1.29 is 4.79 Å². The van der Waals surface area contributed by atoms with Gasteiger partial charge < -0.3 is 10.2 Å². The van der Waals surface area contributed by atoms with Gasteiger partial charge in [-0.15, -0.1) is 0 Å². The minimum Gasteiger partial charge on any atom is -0.363 e. The van der Waals surface area contributed by atoms with Crippen LogP contribution in [-0.2, 0) is 11.2 Å². The van der Waals surface area contributed by atoms with Gasteiger partial charge in [0.1, 0.15) is 5.82 Å². The van der Waals surface area contributed by atoms with Crippen LogP contribution in [0.5, 0.6) is 0 Å². The Bertz CT molecular complexity index is 987. The van der Waals surface area contributed by atoms with Crippen LogP contribution in [0.15, 0.2) is 60.9 Å². The SMILES string of the molecule is CN(C)c1cc(C(Cc2ccccc2)NC(=O)C2CCC2)nc(-c2cccnc2)n1. The van der Waals surface area contributed by atoms with Gasteiger partial charge in [-0.1, -0.05) is 36.8 Å². The number of nitrogens with zero attached hydrogens (tertiary/aromatic N) is 4. The fourth-order valence-electron chi connectivity index (χ4n) is 3.52. The van der Waals surface area contributed by atoms with Crippen molar-refractivity contribution in [3.05, 3.63) is 72.2 Å². The van der Waals surface area contributed by atoms with Gasteiger partial charge in [-0.05, 0) is 37.0 Å². The summed E-state index contributed by atoms with van der Waals surface area (Å²) in [6, 6.07) is 15.8. The van der Waals surface area contributed by atoms with Crippen molar-refractivity contribution in [2.24, 2.45) is 5.92 Å². The molecule has 1 fully saturated rings. The summed E-state index contributed by atoms with van der Waals surface area (Å²) in [6.45, 7) is 0. The molecular weight excluding hydrogens is 374 g/mol. The molecule has 1 aliphatic rings. The molecule has 154 valence electrons. The fraction of sp³-hybridized carbons (Fsp3) is 0.333. The standard InChI is InChI=1S/C24H27N5O/c1-29(2)22-15-21(26-23(28-22)19-12-7-13-25-16-19)20(14-17-8-4-3-5-9-17)27-24(30)18-10-6-11-18/h3-5,7-9,12-13,15-16,18,20H,6,10-11,14H2,1-2H3,(H,27,30). The largest absolute Gasteiger partial charge is 0.363 e. The van der Waals surface area contributed by atoms with Crippen molar-refractivity contribution in [1.82, 2.24) is 20.3 Å². The van der Waals surface area contributed by atoms with E-state index in [1.165, 1.54) is 0 Å². The van der Waals surface area contributed by atoms with Crippen LogP contribution in [0.4, 0.5) is 5.82 Å². The normalized spacial score (nSPS) is 14.6. The van der Waals surface area contributed by atoms with Crippen LogP contribution in [0.3, 0.4) is 0 Å². The maximum Gasteiger partial charge on any atom is 0.223 e. The summed E-state index contributed by atoms with van der Waals surface area (Å²) in [5.74, 6) is 1.65. The molecule has 6 nitrogen and oxygen atoms in total. The molecule has 1 saturated carbocycles. The molecule has 2 aromatic heterocycles. The number of hydrogen-bond donors (Lipinski definition) is 1. The number of nitrogens with one attached hydrogen (secondary N) is 1. The first-order chi connectivity index (χ1) is 14.6. The molecule has 0 spiro atoms. The van der Waals surface area contributed by atoms with Crippen LogP contribution in [0.25, 0.3) is 11.4 Å². The number of aromatic nitrogens is 3. The molecule has 1 unspecified atom stereocenters. The predicted molar refractivity (Wildman–Crippen MR) is 118 cm³/mol. The lowest BCUT2D eigenvalue weighted by atomic mass is 9.84. The molecule has 1 amide bonds. The van der Waals surface area contributed by atoms with Gasteiger partial charge in [0.25, 0.3) is 0 Å². The van der Waals surface area contributed by atoms with Crippen LogP contribution in [0.1, 0.15) is 36.6 Å². The third kappa shape index (κ3) is 4.64. The zero-order valence-corrected chi connectivity index (χ0v) is 17.5. The molecule has 1 atom stereocenters. The van der Waals surface area contributed by atoms with Crippen molar-refractivity contribution in [2.45, 2.75) is 31.7 Å². The third-order valence-corrected chi connectivity index (χ3v) is 5.54. The summed E-state index contributed by atoms with van der Waals surface area (Å²) >= 11 is 0. The molecule has 1 aromatic carbocycles. The molecule has 0 aliphatic heterocycles. The summed E-state index contributed by atoms with van der Waals surface area (Å²) in [4.78, 5) is 28.5. The Morgan fingerprint density at radius 1 is 1.13 bits per heavy atom. The van der Waals surface area contributed by atoms with Gasteiger partial charge in [0.2, 0.25) is 5.91 Å². The lowest BCUT2D eigenvalue weighted by Gasteiger charge is -2.28. The third-order valence-electron chi connectivity index (χ3n) is 5.54. The lowest BCUT2D eigenvalue weighted by molar-refractivity contribution is -0.128. The van der Waals surface area contributed by atoms with Gasteiger partial charge in [0.05, 0.1) is 11.7 Å². The van der Waals surface area contributed by atoms with Crippen molar-refractivity contribution in [2.75, 3.05) is 19.0 Å². The van der Waals surface area contributed by atoms with E-state index >= 15 is 0 Å². The number of hydrogen-bond acceptors (Lipinski definition) is 5. The van der Waals surface area contributed by atoms with Crippen LogP contribution < -0.4 is 10.2 Å².